The van der Waals surface area contributed by atoms with Crippen molar-refractivity contribution >= 4 is 11.6 Å². The summed E-state index contributed by atoms with van der Waals surface area (Å²) < 4.78 is 0. The fraction of sp³-hybridized carbons (Fsp3) is 0.500. The average Bonchev–Trinajstić information content (AvgIpc) is 2.09. The molecule has 1 aliphatic rings. The predicted octanol–water partition coefficient (Wildman–Crippen LogP) is 3.07. The molecule has 1 aliphatic carbocycles. The molecule has 0 radical (unpaired) electrons. The Bertz CT molecular complexity index is 342. The van der Waals surface area contributed by atoms with Gasteiger partial charge < -0.3 is 5.73 Å². The van der Waals surface area contributed by atoms with Crippen LogP contribution in [0.5, 0.6) is 0 Å². The van der Waals surface area contributed by atoms with E-state index in [0.717, 1.165) is 29.8 Å². The SMILES string of the molecule is Cc1cc(CC2(N)CCC2)ccc1Cl. The van der Waals surface area contributed by atoms with E-state index < -0.39 is 0 Å². The third-order valence-corrected chi connectivity index (χ3v) is 3.55. The van der Waals surface area contributed by atoms with E-state index in [-0.39, 0.29) is 5.54 Å². The molecule has 1 saturated carbocycles. The highest BCUT2D eigenvalue weighted by Gasteiger charge is 2.32. The minimum Gasteiger partial charge on any atom is -0.325 e. The molecule has 2 rings (SSSR count). The summed E-state index contributed by atoms with van der Waals surface area (Å²) in [5.41, 5.74) is 8.72. The molecule has 76 valence electrons. The molecule has 2 N–H and O–H groups in total. The van der Waals surface area contributed by atoms with Crippen LogP contribution in [0.2, 0.25) is 5.02 Å². The van der Waals surface area contributed by atoms with Gasteiger partial charge in [-0.15, -0.1) is 0 Å². The second-order valence-electron chi connectivity index (χ2n) is 4.48. The Morgan fingerprint density at radius 2 is 2.14 bits per heavy atom. The molecule has 1 aromatic rings. The molecule has 0 atom stereocenters. The molecule has 0 unspecified atom stereocenters. The van der Waals surface area contributed by atoms with E-state index in [4.69, 9.17) is 17.3 Å². The highest BCUT2D eigenvalue weighted by Crippen LogP contribution is 2.32. The Balaban J connectivity index is 2.13. The summed E-state index contributed by atoms with van der Waals surface area (Å²) in [5, 5.41) is 0.841. The number of rotatable bonds is 2. The van der Waals surface area contributed by atoms with Gasteiger partial charge in [0.05, 0.1) is 0 Å². The molecule has 14 heavy (non-hydrogen) atoms. The quantitative estimate of drug-likeness (QED) is 0.796. The number of hydrogen-bond acceptors (Lipinski definition) is 1. The van der Waals surface area contributed by atoms with Gasteiger partial charge in [-0.3, -0.25) is 0 Å². The highest BCUT2D eigenvalue weighted by atomic mass is 35.5. The Kier molecular flexibility index (Phi) is 2.54. The first-order valence-corrected chi connectivity index (χ1v) is 5.51. The van der Waals surface area contributed by atoms with Crippen LogP contribution in [-0.2, 0) is 6.42 Å². The molecular formula is C12H16ClN. The zero-order valence-electron chi connectivity index (χ0n) is 8.52. The Labute approximate surface area is 90.3 Å². The summed E-state index contributed by atoms with van der Waals surface area (Å²) in [6.07, 6.45) is 4.59. The molecule has 0 spiro atoms. The van der Waals surface area contributed by atoms with Crippen molar-refractivity contribution in [1.29, 1.82) is 0 Å². The smallest absolute Gasteiger partial charge is 0.0435 e. The topological polar surface area (TPSA) is 26.0 Å². The highest BCUT2D eigenvalue weighted by molar-refractivity contribution is 6.31. The van der Waals surface area contributed by atoms with Crippen molar-refractivity contribution in [3.63, 3.8) is 0 Å². The van der Waals surface area contributed by atoms with Crippen LogP contribution in [0.15, 0.2) is 18.2 Å². The van der Waals surface area contributed by atoms with Gasteiger partial charge in [0.15, 0.2) is 0 Å². The van der Waals surface area contributed by atoms with Gasteiger partial charge in [-0.1, -0.05) is 23.7 Å². The lowest BCUT2D eigenvalue weighted by Crippen LogP contribution is -2.48. The van der Waals surface area contributed by atoms with Crippen molar-refractivity contribution in [3.05, 3.63) is 34.3 Å². The summed E-state index contributed by atoms with van der Waals surface area (Å²) in [6.45, 7) is 2.04. The molecule has 0 aliphatic heterocycles. The zero-order valence-corrected chi connectivity index (χ0v) is 9.27. The van der Waals surface area contributed by atoms with Crippen molar-refractivity contribution in [1.82, 2.24) is 0 Å². The fourth-order valence-corrected chi connectivity index (χ4v) is 2.15. The van der Waals surface area contributed by atoms with Crippen molar-refractivity contribution in [2.24, 2.45) is 5.73 Å². The number of aryl methyl sites for hydroxylation is 1. The second-order valence-corrected chi connectivity index (χ2v) is 4.88. The van der Waals surface area contributed by atoms with Crippen LogP contribution in [0.25, 0.3) is 0 Å². The Hall–Kier alpha value is -0.530. The van der Waals surface area contributed by atoms with Crippen LogP contribution in [-0.4, -0.2) is 5.54 Å². The van der Waals surface area contributed by atoms with Crippen LogP contribution >= 0.6 is 11.6 Å². The molecule has 1 nitrogen and oxygen atoms in total. The first-order valence-electron chi connectivity index (χ1n) is 5.13. The normalized spacial score (nSPS) is 19.1. The lowest BCUT2D eigenvalue weighted by atomic mass is 9.74. The Morgan fingerprint density at radius 1 is 1.43 bits per heavy atom. The van der Waals surface area contributed by atoms with Crippen LogP contribution in [0.4, 0.5) is 0 Å². The minimum atomic E-state index is 0.0697. The average molecular weight is 210 g/mol. The van der Waals surface area contributed by atoms with E-state index in [0.29, 0.717) is 0 Å². The van der Waals surface area contributed by atoms with Gasteiger partial charge in [-0.05, 0) is 49.8 Å². The van der Waals surface area contributed by atoms with E-state index in [9.17, 15) is 0 Å². The molecule has 0 aromatic heterocycles. The lowest BCUT2D eigenvalue weighted by molar-refractivity contribution is 0.247. The third kappa shape index (κ3) is 1.94. The molecule has 0 heterocycles. The van der Waals surface area contributed by atoms with Crippen LogP contribution in [0, 0.1) is 6.92 Å². The maximum absolute atomic E-state index is 6.19. The number of hydrogen-bond donors (Lipinski definition) is 1. The second kappa shape index (κ2) is 3.56. The summed E-state index contributed by atoms with van der Waals surface area (Å²) in [6, 6.07) is 6.20. The van der Waals surface area contributed by atoms with Gasteiger partial charge in [0.2, 0.25) is 0 Å². The van der Waals surface area contributed by atoms with Gasteiger partial charge >= 0.3 is 0 Å². The summed E-state index contributed by atoms with van der Waals surface area (Å²) >= 11 is 5.97. The molecule has 2 heteroatoms. The van der Waals surface area contributed by atoms with Crippen molar-refractivity contribution in [2.75, 3.05) is 0 Å². The largest absolute Gasteiger partial charge is 0.325 e. The molecule has 0 amide bonds. The van der Waals surface area contributed by atoms with E-state index in [1.54, 1.807) is 0 Å². The van der Waals surface area contributed by atoms with Gasteiger partial charge in [-0.25, -0.2) is 0 Å². The number of halogens is 1. The standard InChI is InChI=1S/C12H16ClN/c1-9-7-10(3-4-11(9)13)8-12(14)5-2-6-12/h3-4,7H,2,5-6,8,14H2,1H3. The van der Waals surface area contributed by atoms with Gasteiger partial charge in [0.25, 0.3) is 0 Å². The molecular weight excluding hydrogens is 194 g/mol. The fourth-order valence-electron chi connectivity index (χ4n) is 2.03. The van der Waals surface area contributed by atoms with Gasteiger partial charge in [0, 0.05) is 10.6 Å². The number of nitrogens with two attached hydrogens (primary N) is 1. The molecule has 0 bridgehead atoms. The third-order valence-electron chi connectivity index (χ3n) is 3.13. The summed E-state index contributed by atoms with van der Waals surface area (Å²) in [4.78, 5) is 0. The van der Waals surface area contributed by atoms with Crippen molar-refractivity contribution in [2.45, 2.75) is 38.1 Å². The first-order chi connectivity index (χ1) is 6.59. The van der Waals surface area contributed by atoms with Gasteiger partial charge in [0.1, 0.15) is 0 Å². The number of benzene rings is 1. The molecule has 1 aromatic carbocycles. The van der Waals surface area contributed by atoms with Crippen LogP contribution in [0.3, 0.4) is 0 Å². The van der Waals surface area contributed by atoms with Crippen molar-refractivity contribution < 1.29 is 0 Å². The predicted molar refractivity (Wildman–Crippen MR) is 60.7 cm³/mol. The molecule has 0 saturated heterocycles. The maximum atomic E-state index is 6.19. The lowest BCUT2D eigenvalue weighted by Gasteiger charge is -2.38. The van der Waals surface area contributed by atoms with E-state index in [2.05, 4.69) is 12.1 Å². The van der Waals surface area contributed by atoms with Gasteiger partial charge in [-0.2, -0.15) is 0 Å². The van der Waals surface area contributed by atoms with Crippen molar-refractivity contribution in [3.8, 4) is 0 Å². The summed E-state index contributed by atoms with van der Waals surface area (Å²) in [7, 11) is 0. The first kappa shape index (κ1) is 10.0. The molecule has 1 fully saturated rings. The summed E-state index contributed by atoms with van der Waals surface area (Å²) in [5.74, 6) is 0. The maximum Gasteiger partial charge on any atom is 0.0435 e. The van der Waals surface area contributed by atoms with E-state index in [1.807, 2.05) is 13.0 Å². The zero-order chi connectivity index (χ0) is 10.2. The Morgan fingerprint density at radius 3 is 2.64 bits per heavy atom. The minimum absolute atomic E-state index is 0.0697. The monoisotopic (exact) mass is 209 g/mol. The van der Waals surface area contributed by atoms with E-state index >= 15 is 0 Å². The van der Waals surface area contributed by atoms with E-state index in [1.165, 1.54) is 12.0 Å². The van der Waals surface area contributed by atoms with Crippen LogP contribution in [0.1, 0.15) is 30.4 Å². The van der Waals surface area contributed by atoms with Crippen LogP contribution < -0.4 is 5.73 Å².